The Morgan fingerprint density at radius 3 is 2.21 bits per heavy atom. The van der Waals surface area contributed by atoms with Gasteiger partial charge in [-0.15, -0.1) is 0 Å². The second kappa shape index (κ2) is 9.99. The van der Waals surface area contributed by atoms with E-state index in [0.717, 1.165) is 38.0 Å². The third kappa shape index (κ3) is 4.86. The van der Waals surface area contributed by atoms with Gasteiger partial charge in [0.1, 0.15) is 5.82 Å². The smallest absolute Gasteiger partial charge is 0.256 e. The molecule has 4 rings (SSSR count). The van der Waals surface area contributed by atoms with Crippen LogP contribution in [0.3, 0.4) is 0 Å². The molecule has 34 heavy (non-hydrogen) atoms. The van der Waals surface area contributed by atoms with Gasteiger partial charge in [0.25, 0.3) is 5.91 Å². The summed E-state index contributed by atoms with van der Waals surface area (Å²) in [6.07, 6.45) is 3.19. The highest BCUT2D eigenvalue weighted by Crippen LogP contribution is 2.29. The fraction of sp³-hybridized carbons (Fsp3) is 0.417. The third-order valence-corrected chi connectivity index (χ3v) is 7.87. The molecule has 2 aliphatic rings. The third-order valence-electron chi connectivity index (χ3n) is 6.46. The topological polar surface area (TPSA) is 96.8 Å². The fourth-order valence-corrected chi connectivity index (χ4v) is 5.29. The van der Waals surface area contributed by atoms with Crippen molar-refractivity contribution < 1.29 is 17.6 Å². The van der Waals surface area contributed by atoms with Crippen LogP contribution in [-0.4, -0.2) is 65.5 Å². The number of rotatable bonds is 5. The Labute approximate surface area is 199 Å². The number of carbonyl (C=O) groups excluding carboxylic acids is 1. The molecule has 2 aromatic carbocycles. The van der Waals surface area contributed by atoms with Crippen LogP contribution < -0.4 is 14.5 Å². The number of benzene rings is 2. The van der Waals surface area contributed by atoms with E-state index in [4.69, 9.17) is 5.26 Å². The number of halogens is 1. The summed E-state index contributed by atoms with van der Waals surface area (Å²) >= 11 is 0. The minimum Gasteiger partial charge on any atom is -0.371 e. The summed E-state index contributed by atoms with van der Waals surface area (Å²) in [7, 11) is -2.36. The van der Waals surface area contributed by atoms with Crippen molar-refractivity contribution in [1.82, 2.24) is 9.62 Å². The number of nitrogens with zero attached hydrogens (tertiary/aromatic N) is 4. The summed E-state index contributed by atoms with van der Waals surface area (Å²) in [6, 6.07) is 11.0. The van der Waals surface area contributed by atoms with Crippen LogP contribution in [0.5, 0.6) is 0 Å². The summed E-state index contributed by atoms with van der Waals surface area (Å²) in [6.45, 7) is 3.26. The monoisotopic (exact) mass is 485 g/mol. The number of sulfonamides is 1. The second-order valence-corrected chi connectivity index (χ2v) is 10.4. The summed E-state index contributed by atoms with van der Waals surface area (Å²) in [5, 5.41) is 8.95. The van der Waals surface area contributed by atoms with Gasteiger partial charge in [0, 0.05) is 45.0 Å². The van der Waals surface area contributed by atoms with Crippen LogP contribution in [0.1, 0.15) is 35.2 Å². The molecule has 2 fully saturated rings. The van der Waals surface area contributed by atoms with Crippen molar-refractivity contribution in [2.75, 3.05) is 56.1 Å². The molecule has 1 amide bonds. The molecule has 0 saturated carbocycles. The van der Waals surface area contributed by atoms with Crippen molar-refractivity contribution in [3.8, 4) is 6.07 Å². The average Bonchev–Trinajstić information content (AvgIpc) is 2.88. The van der Waals surface area contributed by atoms with Gasteiger partial charge >= 0.3 is 0 Å². The SMILES string of the molecule is CNS(=O)(=O)c1ccc(N2CCCCC2)c(C(=O)N2CCN(c3ccc(C#N)cc3F)CC2)c1. The normalized spacial score (nSPS) is 16.9. The van der Waals surface area contributed by atoms with Crippen LogP contribution in [0.25, 0.3) is 0 Å². The molecule has 2 saturated heterocycles. The number of amides is 1. The van der Waals surface area contributed by atoms with Crippen molar-refractivity contribution in [3.63, 3.8) is 0 Å². The molecule has 1 N–H and O–H groups in total. The van der Waals surface area contributed by atoms with Gasteiger partial charge in [-0.3, -0.25) is 4.79 Å². The molecule has 2 aliphatic heterocycles. The van der Waals surface area contributed by atoms with Crippen molar-refractivity contribution >= 4 is 27.3 Å². The summed E-state index contributed by atoms with van der Waals surface area (Å²) < 4.78 is 41.6. The van der Waals surface area contributed by atoms with Crippen molar-refractivity contribution in [1.29, 1.82) is 5.26 Å². The quantitative estimate of drug-likeness (QED) is 0.699. The van der Waals surface area contributed by atoms with Crippen LogP contribution in [0.2, 0.25) is 0 Å². The first-order chi connectivity index (χ1) is 16.3. The molecule has 2 aromatic rings. The summed E-state index contributed by atoms with van der Waals surface area (Å²) in [5.74, 6) is -0.690. The van der Waals surface area contributed by atoms with Gasteiger partial charge in [-0.25, -0.2) is 17.5 Å². The predicted molar refractivity (Wildman–Crippen MR) is 128 cm³/mol. The van der Waals surface area contributed by atoms with Gasteiger partial charge in [-0.2, -0.15) is 5.26 Å². The zero-order valence-corrected chi connectivity index (χ0v) is 19.9. The van der Waals surface area contributed by atoms with E-state index in [2.05, 4.69) is 9.62 Å². The number of hydrogen-bond donors (Lipinski definition) is 1. The maximum absolute atomic E-state index is 14.4. The van der Waals surface area contributed by atoms with Gasteiger partial charge in [0.05, 0.1) is 27.8 Å². The lowest BCUT2D eigenvalue weighted by Gasteiger charge is -2.37. The Morgan fingerprint density at radius 1 is 0.941 bits per heavy atom. The van der Waals surface area contributed by atoms with Gasteiger partial charge in [-0.1, -0.05) is 0 Å². The lowest BCUT2D eigenvalue weighted by molar-refractivity contribution is 0.0747. The van der Waals surface area contributed by atoms with Crippen molar-refractivity contribution in [3.05, 3.63) is 53.3 Å². The van der Waals surface area contributed by atoms with E-state index >= 15 is 0 Å². The molecule has 180 valence electrons. The first-order valence-electron chi connectivity index (χ1n) is 11.4. The highest BCUT2D eigenvalue weighted by atomic mass is 32.2. The summed E-state index contributed by atoms with van der Waals surface area (Å²) in [5.41, 5.74) is 1.79. The lowest BCUT2D eigenvalue weighted by atomic mass is 10.1. The lowest BCUT2D eigenvalue weighted by Crippen LogP contribution is -2.49. The minimum absolute atomic E-state index is 0.0531. The zero-order chi connectivity index (χ0) is 24.3. The van der Waals surface area contributed by atoms with Crippen LogP contribution in [-0.2, 0) is 10.0 Å². The average molecular weight is 486 g/mol. The largest absolute Gasteiger partial charge is 0.371 e. The van der Waals surface area contributed by atoms with Crippen LogP contribution >= 0.6 is 0 Å². The molecule has 0 aliphatic carbocycles. The van der Waals surface area contributed by atoms with Crippen LogP contribution in [0, 0.1) is 17.1 Å². The predicted octanol–water partition coefficient (Wildman–Crippen LogP) is 2.56. The van der Waals surface area contributed by atoms with E-state index in [-0.39, 0.29) is 16.4 Å². The highest BCUT2D eigenvalue weighted by molar-refractivity contribution is 7.89. The number of nitriles is 1. The second-order valence-electron chi connectivity index (χ2n) is 8.49. The molecule has 0 radical (unpaired) electrons. The van der Waals surface area contributed by atoms with Gasteiger partial charge in [-0.05, 0) is 62.7 Å². The van der Waals surface area contributed by atoms with E-state index in [9.17, 15) is 17.6 Å². The van der Waals surface area contributed by atoms with Crippen molar-refractivity contribution in [2.24, 2.45) is 0 Å². The Morgan fingerprint density at radius 2 is 1.59 bits per heavy atom. The molecule has 2 heterocycles. The van der Waals surface area contributed by atoms with E-state index in [1.54, 1.807) is 23.1 Å². The maximum atomic E-state index is 14.4. The first-order valence-corrected chi connectivity index (χ1v) is 12.9. The first kappa shape index (κ1) is 24.0. The van der Waals surface area contributed by atoms with Gasteiger partial charge in [0.2, 0.25) is 10.0 Å². The molecule has 0 aromatic heterocycles. The molecular formula is C24H28FN5O3S. The molecular weight excluding hydrogens is 457 g/mol. The van der Waals surface area contributed by atoms with Crippen LogP contribution in [0.15, 0.2) is 41.3 Å². The Bertz CT molecular complexity index is 1210. The van der Waals surface area contributed by atoms with Crippen molar-refractivity contribution in [2.45, 2.75) is 24.2 Å². The fourth-order valence-electron chi connectivity index (χ4n) is 4.54. The highest BCUT2D eigenvalue weighted by Gasteiger charge is 2.28. The molecule has 0 bridgehead atoms. The number of nitrogens with one attached hydrogen (secondary N) is 1. The maximum Gasteiger partial charge on any atom is 0.256 e. The summed E-state index contributed by atoms with van der Waals surface area (Å²) in [4.78, 5) is 19.3. The molecule has 0 unspecified atom stereocenters. The van der Waals surface area contributed by atoms with Crippen LogP contribution in [0.4, 0.5) is 15.8 Å². The van der Waals surface area contributed by atoms with E-state index in [1.807, 2.05) is 11.0 Å². The zero-order valence-electron chi connectivity index (χ0n) is 19.1. The number of piperidine rings is 1. The number of carbonyl (C=O) groups is 1. The Hall–Kier alpha value is -3.16. The Kier molecular flexibility index (Phi) is 7.05. The van der Waals surface area contributed by atoms with Gasteiger partial charge in [0.15, 0.2) is 0 Å². The number of piperazine rings is 1. The standard InChI is InChI=1S/C24H28FN5O3S/c1-27-34(32,33)19-6-8-22(28-9-3-2-4-10-28)20(16-19)24(31)30-13-11-29(12-14-30)23-7-5-18(17-26)15-21(23)25/h5-8,15-16,27H,2-4,9-14H2,1H3. The number of anilines is 2. The minimum atomic E-state index is -3.70. The Balaban J connectivity index is 1.57. The molecule has 0 spiro atoms. The number of hydrogen-bond acceptors (Lipinski definition) is 6. The van der Waals surface area contributed by atoms with E-state index in [0.29, 0.717) is 37.4 Å². The van der Waals surface area contributed by atoms with E-state index in [1.165, 1.54) is 25.2 Å². The molecule has 10 heteroatoms. The molecule has 0 atom stereocenters. The van der Waals surface area contributed by atoms with Gasteiger partial charge < -0.3 is 14.7 Å². The van der Waals surface area contributed by atoms with E-state index < -0.39 is 15.8 Å². The molecule has 8 nitrogen and oxygen atoms in total.